The van der Waals surface area contributed by atoms with Crippen LogP contribution >= 0.6 is 0 Å². The average molecular weight is 469 g/mol. The van der Waals surface area contributed by atoms with Gasteiger partial charge in [0.25, 0.3) is 0 Å². The molecule has 0 atom stereocenters. The smallest absolute Gasteiger partial charge is 0.309 e. The van der Waals surface area contributed by atoms with Gasteiger partial charge in [-0.05, 0) is 68.4 Å². The molecule has 2 aliphatic rings. The maximum Gasteiger partial charge on any atom is 0.309 e. The number of aliphatic carboxylic acids is 1. The van der Waals surface area contributed by atoms with Gasteiger partial charge in [-0.1, -0.05) is 0 Å². The van der Waals surface area contributed by atoms with E-state index in [1.807, 2.05) is 16.7 Å². The maximum absolute atomic E-state index is 14.4. The lowest BCUT2D eigenvalue weighted by Gasteiger charge is -2.43. The van der Waals surface area contributed by atoms with Crippen molar-refractivity contribution in [3.63, 3.8) is 0 Å². The number of hydrogen-bond donors (Lipinski definition) is 3. The summed E-state index contributed by atoms with van der Waals surface area (Å²) in [5.74, 6) is -2.51. The van der Waals surface area contributed by atoms with E-state index in [2.05, 4.69) is 0 Å². The normalized spacial score (nSPS) is 23.1. The third kappa shape index (κ3) is 3.48. The summed E-state index contributed by atoms with van der Waals surface area (Å²) in [6.07, 6.45) is 3.98. The van der Waals surface area contributed by atoms with E-state index in [-0.39, 0.29) is 11.8 Å². The second-order valence-electron chi connectivity index (χ2n) is 9.76. The largest absolute Gasteiger partial charge is 0.481 e. The number of hydrogen-bond acceptors (Lipinski definition) is 3. The van der Waals surface area contributed by atoms with Gasteiger partial charge in [0.15, 0.2) is 17.8 Å². The van der Waals surface area contributed by atoms with Crippen LogP contribution in [0.5, 0.6) is 0 Å². The molecule has 3 aromatic rings. The van der Waals surface area contributed by atoms with Crippen molar-refractivity contribution in [2.24, 2.45) is 5.41 Å². The molecule has 8 heteroatoms. The highest BCUT2D eigenvalue weighted by Crippen LogP contribution is 2.55. The van der Waals surface area contributed by atoms with Gasteiger partial charge in [0.05, 0.1) is 16.5 Å². The highest BCUT2D eigenvalue weighted by atomic mass is 19.2. The van der Waals surface area contributed by atoms with E-state index in [4.69, 9.17) is 15.9 Å². The van der Waals surface area contributed by atoms with Crippen molar-refractivity contribution in [3.8, 4) is 5.69 Å². The van der Waals surface area contributed by atoms with E-state index >= 15 is 0 Å². The fourth-order valence-electron chi connectivity index (χ4n) is 5.67. The van der Waals surface area contributed by atoms with Gasteiger partial charge in [0, 0.05) is 47.7 Å². The van der Waals surface area contributed by atoms with Crippen LogP contribution in [0.3, 0.4) is 0 Å². The second-order valence-corrected chi connectivity index (χ2v) is 9.76. The average Bonchev–Trinajstić information content (AvgIpc) is 3.12. The van der Waals surface area contributed by atoms with Crippen LogP contribution in [0.25, 0.3) is 16.6 Å². The molecular formula is C26H28F2N3O3+. The van der Waals surface area contributed by atoms with Crippen molar-refractivity contribution in [1.29, 1.82) is 0 Å². The summed E-state index contributed by atoms with van der Waals surface area (Å²) in [6.45, 7) is 2.97. The molecule has 2 fully saturated rings. The molecule has 5 N–H and O–H groups in total. The molecule has 0 bridgehead atoms. The number of halogens is 2. The minimum absolute atomic E-state index is 0.0140. The van der Waals surface area contributed by atoms with E-state index in [1.54, 1.807) is 13.0 Å². The Labute approximate surface area is 195 Å². The number of aromatic nitrogens is 1. The number of rotatable bonds is 5. The van der Waals surface area contributed by atoms with Gasteiger partial charge in [-0.3, -0.25) is 10.2 Å². The predicted octanol–water partition coefficient (Wildman–Crippen LogP) is 3.53. The Bertz CT molecular complexity index is 1300. The lowest BCUT2D eigenvalue weighted by atomic mass is 9.60. The van der Waals surface area contributed by atoms with Gasteiger partial charge in [-0.2, -0.15) is 0 Å². The number of carbonyl (C=O) groups is 1. The monoisotopic (exact) mass is 468 g/mol. The topological polar surface area (TPSA) is 103 Å². The Morgan fingerprint density at radius 1 is 1.18 bits per heavy atom. The van der Waals surface area contributed by atoms with E-state index in [1.165, 1.54) is 12.3 Å². The van der Waals surface area contributed by atoms with Crippen molar-refractivity contribution in [3.05, 3.63) is 58.8 Å². The molecule has 1 saturated carbocycles. The van der Waals surface area contributed by atoms with Gasteiger partial charge in [-0.15, -0.1) is 0 Å². The van der Waals surface area contributed by atoms with Crippen LogP contribution in [0.1, 0.15) is 61.3 Å². The molecular weight excluding hydrogens is 440 g/mol. The SMILES string of the molecule is CC1(C(=O)O)CC(c2c(C3CCOCC3)n(-c3ccc(F)c(F)c3)c3cc(C=[NH2+])c(N)cc23)C1. The molecule has 1 aliphatic carbocycles. The molecule has 0 spiro atoms. The molecule has 2 heterocycles. The Morgan fingerprint density at radius 2 is 1.88 bits per heavy atom. The number of ether oxygens (including phenoxy) is 1. The molecule has 1 aromatic heterocycles. The van der Waals surface area contributed by atoms with Crippen LogP contribution in [0, 0.1) is 17.0 Å². The highest BCUT2D eigenvalue weighted by Gasteiger charge is 2.49. The maximum atomic E-state index is 14.4. The van der Waals surface area contributed by atoms with Crippen molar-refractivity contribution in [1.82, 2.24) is 4.57 Å². The Balaban J connectivity index is 1.81. The summed E-state index contributed by atoms with van der Waals surface area (Å²) in [5.41, 5.74) is 10.0. The first-order chi connectivity index (χ1) is 16.2. The van der Waals surface area contributed by atoms with E-state index in [0.717, 1.165) is 41.1 Å². The van der Waals surface area contributed by atoms with Crippen LogP contribution in [-0.4, -0.2) is 35.1 Å². The number of carboxylic acids is 1. The van der Waals surface area contributed by atoms with Crippen LogP contribution in [0.2, 0.25) is 0 Å². The lowest BCUT2D eigenvalue weighted by Crippen LogP contribution is -2.40. The number of fused-ring (bicyclic) bond motifs is 1. The molecule has 0 unspecified atom stereocenters. The Hall–Kier alpha value is -3.26. The van der Waals surface area contributed by atoms with Gasteiger partial charge >= 0.3 is 5.97 Å². The number of carboxylic acid groups (broad SMARTS) is 1. The van der Waals surface area contributed by atoms with E-state index in [0.29, 0.717) is 43.0 Å². The van der Waals surface area contributed by atoms with E-state index < -0.39 is 23.0 Å². The molecule has 34 heavy (non-hydrogen) atoms. The molecule has 6 nitrogen and oxygen atoms in total. The standard InChI is InChI=1S/C26H27F2N3O3/c1-26(25(32)33)11-16(12-26)23-18-10-21(30)15(13-29)8-22(18)31(17-2-3-19(27)20(28)9-17)24(23)14-4-6-34-7-5-14/h2-3,8-10,13-14,16,29H,4-7,11-12,30H2,1H3,(H,32,33)/p+1. The van der Waals surface area contributed by atoms with Crippen LogP contribution < -0.4 is 11.1 Å². The molecule has 1 aliphatic heterocycles. The minimum Gasteiger partial charge on any atom is -0.481 e. The van der Waals surface area contributed by atoms with Gasteiger partial charge < -0.3 is 20.1 Å². The summed E-state index contributed by atoms with van der Waals surface area (Å²) in [7, 11) is 0. The van der Waals surface area contributed by atoms with Crippen LogP contribution in [0.15, 0.2) is 30.3 Å². The quantitative estimate of drug-likeness (QED) is 0.394. The Morgan fingerprint density at radius 3 is 2.50 bits per heavy atom. The second kappa shape index (κ2) is 8.20. The highest BCUT2D eigenvalue weighted by molar-refractivity contribution is 5.97. The molecule has 5 rings (SSSR count). The van der Waals surface area contributed by atoms with Gasteiger partial charge in [-0.25, -0.2) is 8.78 Å². The fourth-order valence-corrected chi connectivity index (χ4v) is 5.67. The molecule has 1 saturated heterocycles. The van der Waals surface area contributed by atoms with Crippen molar-refractivity contribution >= 4 is 28.8 Å². The summed E-state index contributed by atoms with van der Waals surface area (Å²) in [5, 5.41) is 16.4. The number of nitrogen functional groups attached to an aromatic ring is 1. The van der Waals surface area contributed by atoms with Crippen molar-refractivity contribution in [2.75, 3.05) is 18.9 Å². The summed E-state index contributed by atoms with van der Waals surface area (Å²) in [6, 6.07) is 7.63. The Kier molecular flexibility index (Phi) is 5.43. The number of nitrogens with zero attached hydrogens (tertiary/aromatic N) is 1. The number of anilines is 1. The molecule has 2 aromatic carbocycles. The lowest BCUT2D eigenvalue weighted by molar-refractivity contribution is -0.154. The zero-order chi connectivity index (χ0) is 24.2. The molecule has 0 amide bonds. The first kappa shape index (κ1) is 22.5. The first-order valence-corrected chi connectivity index (χ1v) is 11.5. The fraction of sp³-hybridized carbons (Fsp3) is 0.385. The summed E-state index contributed by atoms with van der Waals surface area (Å²) >= 11 is 0. The van der Waals surface area contributed by atoms with Crippen LogP contribution in [0.4, 0.5) is 14.5 Å². The molecule has 178 valence electrons. The number of nitrogens with two attached hydrogens (primary N) is 2. The van der Waals surface area contributed by atoms with Gasteiger partial charge in [0.1, 0.15) is 0 Å². The number of benzene rings is 2. The zero-order valence-electron chi connectivity index (χ0n) is 19.0. The van der Waals surface area contributed by atoms with Crippen LogP contribution in [-0.2, 0) is 9.53 Å². The summed E-state index contributed by atoms with van der Waals surface area (Å²) < 4.78 is 35.8. The van der Waals surface area contributed by atoms with E-state index in [9.17, 15) is 18.7 Å². The first-order valence-electron chi connectivity index (χ1n) is 11.5. The zero-order valence-corrected chi connectivity index (χ0v) is 19.0. The molecule has 0 radical (unpaired) electrons. The third-order valence-corrected chi connectivity index (χ3v) is 7.52. The minimum atomic E-state index is -0.929. The predicted molar refractivity (Wildman–Crippen MR) is 125 cm³/mol. The van der Waals surface area contributed by atoms with Crippen molar-refractivity contribution in [2.45, 2.75) is 44.4 Å². The summed E-state index contributed by atoms with van der Waals surface area (Å²) in [4.78, 5) is 11.8. The van der Waals surface area contributed by atoms with Crippen molar-refractivity contribution < 1.29 is 28.8 Å². The van der Waals surface area contributed by atoms with Gasteiger partial charge in [0.2, 0.25) is 0 Å². The third-order valence-electron chi connectivity index (χ3n) is 7.52.